The molecule has 0 aromatic carbocycles. The zero-order valence-corrected chi connectivity index (χ0v) is 14.3. The number of nitrogens with two attached hydrogens (primary N) is 1. The molecule has 21 heavy (non-hydrogen) atoms. The molecule has 0 aliphatic carbocycles. The topological polar surface area (TPSA) is 58.8 Å². The molecule has 2 saturated heterocycles. The first kappa shape index (κ1) is 20.9. The molecule has 2 aliphatic rings. The minimum atomic E-state index is 0. The highest BCUT2D eigenvalue weighted by atomic mass is 35.5. The molecule has 1 amide bonds. The van der Waals surface area contributed by atoms with Gasteiger partial charge in [-0.1, -0.05) is 0 Å². The van der Waals surface area contributed by atoms with Crippen LogP contribution in [-0.2, 0) is 9.53 Å². The van der Waals surface area contributed by atoms with Crippen molar-refractivity contribution >= 4 is 30.7 Å². The van der Waals surface area contributed by atoms with E-state index in [1.165, 1.54) is 6.42 Å². The van der Waals surface area contributed by atoms with Crippen LogP contribution in [0, 0.1) is 0 Å². The highest BCUT2D eigenvalue weighted by Crippen LogP contribution is 2.19. The van der Waals surface area contributed by atoms with Crippen molar-refractivity contribution in [3.8, 4) is 0 Å². The summed E-state index contributed by atoms with van der Waals surface area (Å²) in [6.45, 7) is 6.20. The van der Waals surface area contributed by atoms with Crippen molar-refractivity contribution < 1.29 is 9.53 Å². The Morgan fingerprint density at radius 3 is 2.52 bits per heavy atom. The third kappa shape index (κ3) is 6.70. The number of carbonyl (C=O) groups is 1. The van der Waals surface area contributed by atoms with Crippen LogP contribution in [0.25, 0.3) is 0 Å². The Hall–Kier alpha value is -0.0700. The van der Waals surface area contributed by atoms with E-state index in [-0.39, 0.29) is 24.8 Å². The van der Waals surface area contributed by atoms with Gasteiger partial charge < -0.3 is 15.4 Å². The van der Waals surface area contributed by atoms with Gasteiger partial charge in [-0.15, -0.1) is 24.8 Å². The molecule has 1 unspecified atom stereocenters. The number of likely N-dealkylation sites (tertiary alicyclic amines) is 1. The summed E-state index contributed by atoms with van der Waals surface area (Å²) in [4.78, 5) is 16.8. The highest BCUT2D eigenvalue weighted by molar-refractivity contribution is 5.85. The van der Waals surface area contributed by atoms with Gasteiger partial charge in [0, 0.05) is 38.6 Å². The Bertz CT molecular complexity index is 289. The molecule has 2 aliphatic heterocycles. The molecule has 0 aromatic rings. The van der Waals surface area contributed by atoms with Crippen LogP contribution in [0.15, 0.2) is 0 Å². The quantitative estimate of drug-likeness (QED) is 0.818. The van der Waals surface area contributed by atoms with E-state index in [2.05, 4.69) is 9.80 Å². The molecule has 7 heteroatoms. The molecule has 0 spiro atoms. The molecule has 0 bridgehead atoms. The molecule has 0 aromatic heterocycles. The van der Waals surface area contributed by atoms with Crippen molar-refractivity contribution in [3.63, 3.8) is 0 Å². The van der Waals surface area contributed by atoms with E-state index in [1.54, 1.807) is 0 Å². The van der Waals surface area contributed by atoms with E-state index in [9.17, 15) is 4.79 Å². The number of carbonyl (C=O) groups excluding carboxylic acids is 1. The predicted octanol–water partition coefficient (Wildman–Crippen LogP) is 1.28. The van der Waals surface area contributed by atoms with Crippen LogP contribution in [-0.4, -0.2) is 67.7 Å². The summed E-state index contributed by atoms with van der Waals surface area (Å²) < 4.78 is 5.38. The summed E-state index contributed by atoms with van der Waals surface area (Å²) in [5.74, 6) is 0.295. The third-order valence-electron chi connectivity index (χ3n) is 4.11. The lowest BCUT2D eigenvalue weighted by Gasteiger charge is -2.39. The lowest BCUT2D eigenvalue weighted by atomic mass is 10.0. The second-order valence-corrected chi connectivity index (χ2v) is 5.54. The van der Waals surface area contributed by atoms with Gasteiger partial charge in [0.1, 0.15) is 0 Å². The third-order valence-corrected chi connectivity index (χ3v) is 4.11. The van der Waals surface area contributed by atoms with Crippen LogP contribution in [0.3, 0.4) is 0 Å². The highest BCUT2D eigenvalue weighted by Gasteiger charge is 2.28. The number of piperidine rings is 1. The van der Waals surface area contributed by atoms with Crippen molar-refractivity contribution in [1.29, 1.82) is 0 Å². The largest absolute Gasteiger partial charge is 0.379 e. The molecule has 2 fully saturated rings. The maximum Gasteiger partial charge on any atom is 0.222 e. The monoisotopic (exact) mass is 341 g/mol. The molecule has 0 saturated carbocycles. The van der Waals surface area contributed by atoms with E-state index in [0.717, 1.165) is 58.7 Å². The lowest BCUT2D eigenvalue weighted by molar-refractivity contribution is -0.135. The fraction of sp³-hybridized carbons (Fsp3) is 0.929. The Kier molecular flexibility index (Phi) is 11.5. The van der Waals surface area contributed by atoms with Gasteiger partial charge in [-0.3, -0.25) is 9.69 Å². The Morgan fingerprint density at radius 2 is 1.86 bits per heavy atom. The maximum atomic E-state index is 12.2. The molecular weight excluding hydrogens is 313 g/mol. The second-order valence-electron chi connectivity index (χ2n) is 5.54. The van der Waals surface area contributed by atoms with Gasteiger partial charge >= 0.3 is 0 Å². The van der Waals surface area contributed by atoms with Gasteiger partial charge in [-0.25, -0.2) is 0 Å². The van der Waals surface area contributed by atoms with Gasteiger partial charge in [0.2, 0.25) is 5.91 Å². The summed E-state index contributed by atoms with van der Waals surface area (Å²) in [7, 11) is 0. The summed E-state index contributed by atoms with van der Waals surface area (Å²) in [5.41, 5.74) is 5.50. The maximum absolute atomic E-state index is 12.2. The van der Waals surface area contributed by atoms with Crippen molar-refractivity contribution in [2.45, 2.75) is 38.1 Å². The van der Waals surface area contributed by atoms with Crippen LogP contribution in [0.4, 0.5) is 0 Å². The number of amides is 1. The van der Waals surface area contributed by atoms with E-state index in [4.69, 9.17) is 10.5 Å². The molecule has 0 radical (unpaired) electrons. The molecule has 2 N–H and O–H groups in total. The van der Waals surface area contributed by atoms with E-state index in [1.807, 2.05) is 0 Å². The zero-order chi connectivity index (χ0) is 13.5. The average Bonchev–Trinajstić information content (AvgIpc) is 2.46. The molecule has 1 atom stereocenters. The molecule has 2 rings (SSSR count). The number of rotatable bonds is 5. The first-order chi connectivity index (χ1) is 9.31. The summed E-state index contributed by atoms with van der Waals surface area (Å²) >= 11 is 0. The molecular formula is C14H29Cl2N3O2. The number of morpholine rings is 1. The van der Waals surface area contributed by atoms with Crippen molar-refractivity contribution in [3.05, 3.63) is 0 Å². The number of ether oxygens (including phenoxy) is 1. The minimum Gasteiger partial charge on any atom is -0.379 e. The average molecular weight is 342 g/mol. The van der Waals surface area contributed by atoms with Crippen LogP contribution in [0.5, 0.6) is 0 Å². The lowest BCUT2D eigenvalue weighted by Crippen LogP contribution is -2.51. The fourth-order valence-corrected chi connectivity index (χ4v) is 3.00. The second kappa shape index (κ2) is 11.5. The summed E-state index contributed by atoms with van der Waals surface area (Å²) in [5, 5.41) is 0. The standard InChI is InChI=1S/C14H27N3O2.2ClH/c15-6-3-5-14(18)17-7-2-1-4-13(17)12-16-8-10-19-11-9-16;;/h13H,1-12,15H2;2*1H. The molecule has 5 nitrogen and oxygen atoms in total. The summed E-state index contributed by atoms with van der Waals surface area (Å²) in [6.07, 6.45) is 4.95. The normalized spacial score (nSPS) is 23.1. The minimum absolute atomic E-state index is 0. The number of hydrogen-bond donors (Lipinski definition) is 1. The van der Waals surface area contributed by atoms with Crippen LogP contribution in [0.2, 0.25) is 0 Å². The van der Waals surface area contributed by atoms with Crippen LogP contribution in [0.1, 0.15) is 32.1 Å². The number of hydrogen-bond acceptors (Lipinski definition) is 4. The SMILES string of the molecule is Cl.Cl.NCCCC(=O)N1CCCCC1CN1CCOCC1. The van der Waals surface area contributed by atoms with Gasteiger partial charge in [0.25, 0.3) is 0 Å². The van der Waals surface area contributed by atoms with Crippen LogP contribution >= 0.6 is 24.8 Å². The van der Waals surface area contributed by atoms with Crippen LogP contribution < -0.4 is 5.73 Å². The van der Waals surface area contributed by atoms with Crippen molar-refractivity contribution in [2.24, 2.45) is 5.73 Å². The van der Waals surface area contributed by atoms with Gasteiger partial charge in [0.15, 0.2) is 0 Å². The molecule has 126 valence electrons. The fourth-order valence-electron chi connectivity index (χ4n) is 3.00. The Balaban J connectivity index is 0.00000200. The number of halogens is 2. The van der Waals surface area contributed by atoms with Gasteiger partial charge in [0.05, 0.1) is 13.2 Å². The number of nitrogens with zero attached hydrogens (tertiary/aromatic N) is 2. The predicted molar refractivity (Wildman–Crippen MR) is 89.4 cm³/mol. The first-order valence-electron chi connectivity index (χ1n) is 7.61. The molecule has 2 heterocycles. The van der Waals surface area contributed by atoms with Crippen molar-refractivity contribution in [2.75, 3.05) is 45.9 Å². The van der Waals surface area contributed by atoms with E-state index in [0.29, 0.717) is 24.9 Å². The van der Waals surface area contributed by atoms with Crippen molar-refractivity contribution in [1.82, 2.24) is 9.80 Å². The first-order valence-corrected chi connectivity index (χ1v) is 7.61. The smallest absolute Gasteiger partial charge is 0.222 e. The zero-order valence-electron chi connectivity index (χ0n) is 12.7. The van der Waals surface area contributed by atoms with Gasteiger partial charge in [-0.2, -0.15) is 0 Å². The van der Waals surface area contributed by atoms with Gasteiger partial charge in [-0.05, 0) is 32.2 Å². The summed E-state index contributed by atoms with van der Waals surface area (Å²) in [6, 6.07) is 0.400. The Morgan fingerprint density at radius 1 is 1.14 bits per heavy atom. The van der Waals surface area contributed by atoms with E-state index >= 15 is 0 Å². The van der Waals surface area contributed by atoms with E-state index < -0.39 is 0 Å². The Labute approximate surface area is 140 Å².